The second-order valence-corrected chi connectivity index (χ2v) is 3.93. The van der Waals surface area contributed by atoms with E-state index in [-0.39, 0.29) is 24.1 Å². The van der Waals surface area contributed by atoms with Crippen LogP contribution in [0.1, 0.15) is 33.1 Å². The summed E-state index contributed by atoms with van der Waals surface area (Å²) in [5.74, 6) is 0.0276. The zero-order chi connectivity index (χ0) is 11.3. The van der Waals surface area contributed by atoms with E-state index in [1.54, 1.807) is 13.3 Å². The number of unbranched alkanes of at least 4 members (excludes halogenated alkanes) is 1. The van der Waals surface area contributed by atoms with Gasteiger partial charge in [-0.25, -0.2) is 0 Å². The Balaban J connectivity index is 2.51. The van der Waals surface area contributed by atoms with Gasteiger partial charge in [-0.15, -0.1) is 0 Å². The molecule has 3 unspecified atom stereocenters. The Morgan fingerprint density at radius 1 is 1.67 bits per heavy atom. The van der Waals surface area contributed by atoms with Gasteiger partial charge in [-0.2, -0.15) is 0 Å². The van der Waals surface area contributed by atoms with Crippen LogP contribution in [0.2, 0.25) is 0 Å². The third-order valence-electron chi connectivity index (χ3n) is 2.75. The number of carbonyl (C=O) groups excluding carboxylic acids is 1. The van der Waals surface area contributed by atoms with Crippen LogP contribution < -0.4 is 5.32 Å². The molecular formula is C11H20N2O2. The molecule has 1 rings (SSSR count). The average Bonchev–Trinajstić information content (AvgIpc) is 2.26. The monoisotopic (exact) mass is 212 g/mol. The first-order valence-electron chi connectivity index (χ1n) is 5.55. The fraction of sp³-hybridized carbons (Fsp3) is 0.818. The summed E-state index contributed by atoms with van der Waals surface area (Å²) in [5.41, 5.74) is 0. The maximum atomic E-state index is 11.7. The number of aliphatic imine (C=N–C) groups is 1. The summed E-state index contributed by atoms with van der Waals surface area (Å²) >= 11 is 0. The molecule has 3 atom stereocenters. The molecule has 4 heteroatoms. The van der Waals surface area contributed by atoms with Gasteiger partial charge in [0.1, 0.15) is 6.04 Å². The molecule has 0 fully saturated rings. The molecule has 86 valence electrons. The number of amides is 1. The molecule has 0 radical (unpaired) electrons. The molecular weight excluding hydrogens is 192 g/mol. The number of hydrogen-bond donors (Lipinski definition) is 1. The highest BCUT2D eigenvalue weighted by atomic mass is 16.5. The zero-order valence-electron chi connectivity index (χ0n) is 9.69. The lowest BCUT2D eigenvalue weighted by atomic mass is 10.1. The van der Waals surface area contributed by atoms with Gasteiger partial charge in [-0.3, -0.25) is 9.79 Å². The third-order valence-corrected chi connectivity index (χ3v) is 2.75. The molecule has 0 aromatic rings. The minimum Gasteiger partial charge on any atom is -0.379 e. The molecule has 0 spiro atoms. The zero-order valence-corrected chi connectivity index (χ0v) is 9.69. The Labute approximate surface area is 91.1 Å². The molecule has 0 aromatic heterocycles. The van der Waals surface area contributed by atoms with Gasteiger partial charge >= 0.3 is 0 Å². The first-order valence-corrected chi connectivity index (χ1v) is 5.55. The Hall–Kier alpha value is -0.900. The van der Waals surface area contributed by atoms with Crippen molar-refractivity contribution in [3.05, 3.63) is 0 Å². The Morgan fingerprint density at radius 3 is 2.93 bits per heavy atom. The van der Waals surface area contributed by atoms with Crippen molar-refractivity contribution in [3.63, 3.8) is 0 Å². The second-order valence-electron chi connectivity index (χ2n) is 3.93. The van der Waals surface area contributed by atoms with Gasteiger partial charge in [0.2, 0.25) is 5.91 Å². The Kier molecular flexibility index (Phi) is 4.75. The summed E-state index contributed by atoms with van der Waals surface area (Å²) in [4.78, 5) is 15.9. The van der Waals surface area contributed by atoms with Crippen molar-refractivity contribution in [2.75, 3.05) is 7.11 Å². The van der Waals surface area contributed by atoms with Crippen molar-refractivity contribution in [1.29, 1.82) is 0 Å². The predicted molar refractivity (Wildman–Crippen MR) is 60.2 cm³/mol. The second kappa shape index (κ2) is 5.85. The highest BCUT2D eigenvalue weighted by molar-refractivity contribution is 5.89. The number of carbonyl (C=O) groups is 1. The normalized spacial score (nSPS) is 27.5. The highest BCUT2D eigenvalue weighted by Crippen LogP contribution is 2.10. The smallest absolute Gasteiger partial charge is 0.245 e. The van der Waals surface area contributed by atoms with Gasteiger partial charge in [0, 0.05) is 13.3 Å². The van der Waals surface area contributed by atoms with Crippen LogP contribution in [0.15, 0.2) is 4.99 Å². The topological polar surface area (TPSA) is 50.7 Å². The van der Waals surface area contributed by atoms with Gasteiger partial charge in [0.25, 0.3) is 0 Å². The molecule has 0 aliphatic carbocycles. The molecule has 4 nitrogen and oxygen atoms in total. The van der Waals surface area contributed by atoms with E-state index in [2.05, 4.69) is 17.2 Å². The molecule has 0 bridgehead atoms. The van der Waals surface area contributed by atoms with Crippen LogP contribution >= 0.6 is 0 Å². The number of nitrogens with zero attached hydrogens (tertiary/aromatic N) is 1. The van der Waals surface area contributed by atoms with Crippen LogP contribution in [0.4, 0.5) is 0 Å². The fourth-order valence-electron chi connectivity index (χ4n) is 1.55. The van der Waals surface area contributed by atoms with E-state index in [9.17, 15) is 4.79 Å². The number of hydrogen-bond acceptors (Lipinski definition) is 3. The SMILES string of the molecule is CCCCC1N=CC(C(C)OC)NC1=O. The van der Waals surface area contributed by atoms with Crippen LogP contribution in [0.25, 0.3) is 0 Å². The Morgan fingerprint density at radius 2 is 2.40 bits per heavy atom. The van der Waals surface area contributed by atoms with Gasteiger partial charge < -0.3 is 10.1 Å². The maximum Gasteiger partial charge on any atom is 0.245 e. The number of nitrogens with one attached hydrogen (secondary N) is 1. The summed E-state index contributed by atoms with van der Waals surface area (Å²) in [6.45, 7) is 4.03. The summed E-state index contributed by atoms with van der Waals surface area (Å²) in [6, 6.07) is -0.273. The summed E-state index contributed by atoms with van der Waals surface area (Å²) in [5, 5.41) is 2.91. The van der Waals surface area contributed by atoms with Crippen molar-refractivity contribution >= 4 is 12.1 Å². The Bertz CT molecular complexity index is 241. The lowest BCUT2D eigenvalue weighted by Crippen LogP contribution is -2.51. The van der Waals surface area contributed by atoms with E-state index in [4.69, 9.17) is 4.74 Å². The summed E-state index contributed by atoms with van der Waals surface area (Å²) in [6.07, 6.45) is 4.75. The van der Waals surface area contributed by atoms with Crippen molar-refractivity contribution in [1.82, 2.24) is 5.32 Å². The molecule has 0 saturated carbocycles. The maximum absolute atomic E-state index is 11.7. The minimum atomic E-state index is -0.190. The molecule has 0 saturated heterocycles. The molecule has 1 heterocycles. The van der Waals surface area contributed by atoms with Gasteiger partial charge in [0.05, 0.1) is 12.1 Å². The van der Waals surface area contributed by atoms with Gasteiger partial charge in [-0.1, -0.05) is 19.8 Å². The van der Waals surface area contributed by atoms with Crippen LogP contribution in [0, 0.1) is 0 Å². The predicted octanol–water partition coefficient (Wildman–Crippen LogP) is 1.15. The van der Waals surface area contributed by atoms with E-state index >= 15 is 0 Å². The lowest BCUT2D eigenvalue weighted by molar-refractivity contribution is -0.123. The van der Waals surface area contributed by atoms with E-state index in [1.165, 1.54) is 0 Å². The van der Waals surface area contributed by atoms with Crippen molar-refractivity contribution in [2.45, 2.75) is 51.3 Å². The van der Waals surface area contributed by atoms with Crippen LogP contribution in [-0.2, 0) is 9.53 Å². The largest absolute Gasteiger partial charge is 0.379 e. The minimum absolute atomic E-state index is 0.0233. The van der Waals surface area contributed by atoms with Crippen molar-refractivity contribution < 1.29 is 9.53 Å². The van der Waals surface area contributed by atoms with Gasteiger partial charge in [0.15, 0.2) is 0 Å². The van der Waals surface area contributed by atoms with Crippen LogP contribution in [0.3, 0.4) is 0 Å². The number of ether oxygens (including phenoxy) is 1. The van der Waals surface area contributed by atoms with Crippen LogP contribution in [0.5, 0.6) is 0 Å². The van der Waals surface area contributed by atoms with E-state index in [0.717, 1.165) is 19.3 Å². The molecule has 1 N–H and O–H groups in total. The third kappa shape index (κ3) is 3.30. The summed E-state index contributed by atoms with van der Waals surface area (Å²) < 4.78 is 5.15. The van der Waals surface area contributed by atoms with Crippen molar-refractivity contribution in [2.24, 2.45) is 4.99 Å². The van der Waals surface area contributed by atoms with E-state index < -0.39 is 0 Å². The molecule has 15 heavy (non-hydrogen) atoms. The molecule has 0 aromatic carbocycles. The van der Waals surface area contributed by atoms with Gasteiger partial charge in [-0.05, 0) is 13.3 Å². The highest BCUT2D eigenvalue weighted by Gasteiger charge is 2.26. The summed E-state index contributed by atoms with van der Waals surface area (Å²) in [7, 11) is 1.63. The van der Waals surface area contributed by atoms with Crippen LogP contribution in [-0.4, -0.2) is 37.4 Å². The fourth-order valence-corrected chi connectivity index (χ4v) is 1.55. The molecule has 1 amide bonds. The molecule has 1 aliphatic heterocycles. The number of methoxy groups -OCH3 is 1. The first-order chi connectivity index (χ1) is 7.19. The lowest BCUT2D eigenvalue weighted by Gasteiger charge is -2.26. The quantitative estimate of drug-likeness (QED) is 0.743. The number of rotatable bonds is 5. The van der Waals surface area contributed by atoms with E-state index in [1.807, 2.05) is 6.92 Å². The standard InChI is InChI=1S/C11H20N2O2/c1-4-5-6-9-11(14)13-10(7-12-9)8(2)15-3/h7-10H,4-6H2,1-3H3,(H,13,14). The van der Waals surface area contributed by atoms with E-state index in [0.29, 0.717) is 0 Å². The van der Waals surface area contributed by atoms with Crippen molar-refractivity contribution in [3.8, 4) is 0 Å². The first kappa shape index (κ1) is 12.2. The molecule has 1 aliphatic rings. The average molecular weight is 212 g/mol.